The highest BCUT2D eigenvalue weighted by molar-refractivity contribution is 5.82. The van der Waals surface area contributed by atoms with Crippen LogP contribution in [0.1, 0.15) is 33.6 Å². The summed E-state index contributed by atoms with van der Waals surface area (Å²) >= 11 is 0. The van der Waals surface area contributed by atoms with E-state index in [0.29, 0.717) is 5.92 Å². The summed E-state index contributed by atoms with van der Waals surface area (Å²) in [5.41, 5.74) is 7.15. The van der Waals surface area contributed by atoms with Gasteiger partial charge in [0.1, 0.15) is 0 Å². The molecule has 0 saturated heterocycles. The second kappa shape index (κ2) is 5.31. The zero-order valence-corrected chi connectivity index (χ0v) is 9.99. The number of nitrogens with two attached hydrogens (primary N) is 1. The van der Waals surface area contributed by atoms with Crippen molar-refractivity contribution in [2.24, 2.45) is 11.7 Å². The van der Waals surface area contributed by atoms with Crippen molar-refractivity contribution in [2.75, 3.05) is 13.1 Å². The van der Waals surface area contributed by atoms with E-state index >= 15 is 0 Å². The molecule has 0 aromatic carbocycles. The first-order valence-corrected chi connectivity index (χ1v) is 5.70. The Hall–Kier alpha value is -0.830. The van der Waals surface area contributed by atoms with Gasteiger partial charge >= 0.3 is 0 Å². The van der Waals surface area contributed by atoms with Crippen molar-refractivity contribution in [1.29, 1.82) is 0 Å². The van der Waals surface area contributed by atoms with Crippen molar-refractivity contribution >= 4 is 5.91 Å². The zero-order valence-electron chi connectivity index (χ0n) is 9.99. The van der Waals surface area contributed by atoms with Crippen LogP contribution in [0.5, 0.6) is 0 Å². The van der Waals surface area contributed by atoms with Gasteiger partial charge in [0, 0.05) is 13.1 Å². The summed E-state index contributed by atoms with van der Waals surface area (Å²) in [6, 6.07) is -0.323. The molecule has 0 fully saturated rings. The van der Waals surface area contributed by atoms with Gasteiger partial charge in [0.2, 0.25) is 5.91 Å². The average molecular weight is 210 g/mol. The van der Waals surface area contributed by atoms with Crippen molar-refractivity contribution in [1.82, 2.24) is 4.90 Å². The van der Waals surface area contributed by atoms with Crippen molar-refractivity contribution in [3.05, 3.63) is 11.6 Å². The van der Waals surface area contributed by atoms with Crippen molar-refractivity contribution in [3.8, 4) is 0 Å². The molecule has 1 atom stereocenters. The van der Waals surface area contributed by atoms with Crippen LogP contribution >= 0.6 is 0 Å². The summed E-state index contributed by atoms with van der Waals surface area (Å²) in [5, 5.41) is 0. The Balaban J connectivity index is 2.49. The van der Waals surface area contributed by atoms with E-state index < -0.39 is 0 Å². The molecule has 0 spiro atoms. The highest BCUT2D eigenvalue weighted by atomic mass is 16.2. The molecule has 0 aromatic heterocycles. The van der Waals surface area contributed by atoms with Gasteiger partial charge in [-0.3, -0.25) is 4.79 Å². The number of carbonyl (C=O) groups excluding carboxylic acids is 1. The van der Waals surface area contributed by atoms with Crippen LogP contribution in [0.2, 0.25) is 0 Å². The molecule has 0 radical (unpaired) electrons. The van der Waals surface area contributed by atoms with Crippen LogP contribution in [0.25, 0.3) is 0 Å². The first kappa shape index (κ1) is 12.2. The van der Waals surface area contributed by atoms with E-state index in [0.717, 1.165) is 25.9 Å². The van der Waals surface area contributed by atoms with Crippen LogP contribution in [-0.2, 0) is 4.79 Å². The lowest BCUT2D eigenvalue weighted by Crippen LogP contribution is -2.46. The van der Waals surface area contributed by atoms with E-state index in [1.165, 1.54) is 5.57 Å². The monoisotopic (exact) mass is 210 g/mol. The van der Waals surface area contributed by atoms with E-state index in [9.17, 15) is 4.79 Å². The van der Waals surface area contributed by atoms with Crippen LogP contribution in [0.15, 0.2) is 11.6 Å². The second-order valence-electron chi connectivity index (χ2n) is 4.83. The highest BCUT2D eigenvalue weighted by Gasteiger charge is 2.22. The van der Waals surface area contributed by atoms with Crippen LogP contribution in [0.4, 0.5) is 0 Å². The third kappa shape index (κ3) is 3.67. The largest absolute Gasteiger partial charge is 0.337 e. The quantitative estimate of drug-likeness (QED) is 0.718. The molecule has 0 saturated carbocycles. The van der Waals surface area contributed by atoms with Crippen molar-refractivity contribution < 1.29 is 4.79 Å². The molecule has 15 heavy (non-hydrogen) atoms. The van der Waals surface area contributed by atoms with Gasteiger partial charge in [-0.05, 0) is 25.7 Å². The maximum Gasteiger partial charge on any atom is 0.239 e. The first-order valence-electron chi connectivity index (χ1n) is 5.70. The van der Waals surface area contributed by atoms with Crippen LogP contribution in [0.3, 0.4) is 0 Å². The maximum atomic E-state index is 12.0. The number of rotatable bonds is 3. The lowest BCUT2D eigenvalue weighted by atomic mass is 10.0. The van der Waals surface area contributed by atoms with Gasteiger partial charge in [-0.1, -0.05) is 25.5 Å². The Kier molecular flexibility index (Phi) is 4.33. The summed E-state index contributed by atoms with van der Waals surface area (Å²) in [7, 11) is 0. The number of hydrogen-bond acceptors (Lipinski definition) is 2. The number of nitrogens with zero attached hydrogens (tertiary/aromatic N) is 1. The molecule has 1 heterocycles. The summed E-state index contributed by atoms with van der Waals surface area (Å²) in [5.74, 6) is 0.585. The molecule has 1 amide bonds. The van der Waals surface area contributed by atoms with Crippen molar-refractivity contribution in [2.45, 2.75) is 39.7 Å². The SMILES string of the molecule is CC1=CCCN(C(=O)C(N)CC(C)C)C1. The second-order valence-corrected chi connectivity index (χ2v) is 4.83. The van der Waals surface area contributed by atoms with E-state index in [1.54, 1.807) is 0 Å². The fourth-order valence-corrected chi connectivity index (χ4v) is 1.94. The van der Waals surface area contributed by atoms with Gasteiger partial charge in [0.05, 0.1) is 6.04 Å². The lowest BCUT2D eigenvalue weighted by molar-refractivity contribution is -0.132. The number of hydrogen-bond donors (Lipinski definition) is 1. The van der Waals surface area contributed by atoms with Crippen LogP contribution < -0.4 is 5.73 Å². The Morgan fingerprint density at radius 3 is 2.80 bits per heavy atom. The van der Waals surface area contributed by atoms with Crippen LogP contribution in [0, 0.1) is 5.92 Å². The zero-order chi connectivity index (χ0) is 11.4. The highest BCUT2D eigenvalue weighted by Crippen LogP contribution is 2.12. The molecule has 1 unspecified atom stereocenters. The lowest BCUT2D eigenvalue weighted by Gasteiger charge is -2.29. The molecule has 3 heteroatoms. The van der Waals surface area contributed by atoms with E-state index in [4.69, 9.17) is 5.73 Å². The van der Waals surface area contributed by atoms with E-state index in [-0.39, 0.29) is 11.9 Å². The van der Waals surface area contributed by atoms with Gasteiger partial charge in [-0.25, -0.2) is 0 Å². The maximum absolute atomic E-state index is 12.0. The number of carbonyl (C=O) groups is 1. The molecule has 3 nitrogen and oxygen atoms in total. The molecule has 0 bridgehead atoms. The Labute approximate surface area is 92.3 Å². The summed E-state index contributed by atoms with van der Waals surface area (Å²) in [4.78, 5) is 13.8. The molecule has 0 aromatic rings. The Morgan fingerprint density at radius 1 is 1.60 bits per heavy atom. The average Bonchev–Trinajstić information content (AvgIpc) is 2.15. The summed E-state index contributed by atoms with van der Waals surface area (Å²) in [6.45, 7) is 7.82. The molecule has 2 N–H and O–H groups in total. The van der Waals surface area contributed by atoms with Gasteiger partial charge in [-0.2, -0.15) is 0 Å². The fourth-order valence-electron chi connectivity index (χ4n) is 1.94. The molecule has 1 rings (SSSR count). The van der Waals surface area contributed by atoms with E-state index in [1.807, 2.05) is 4.90 Å². The standard InChI is InChI=1S/C12H22N2O/c1-9(2)7-11(13)12(15)14-6-4-5-10(3)8-14/h5,9,11H,4,6-8,13H2,1-3H3. The third-order valence-corrected chi connectivity index (χ3v) is 2.69. The molecule has 86 valence electrons. The number of amides is 1. The molecular weight excluding hydrogens is 188 g/mol. The molecular formula is C12H22N2O. The predicted molar refractivity (Wildman–Crippen MR) is 62.4 cm³/mol. The van der Waals surface area contributed by atoms with Gasteiger partial charge in [-0.15, -0.1) is 0 Å². The minimum atomic E-state index is -0.323. The van der Waals surface area contributed by atoms with E-state index in [2.05, 4.69) is 26.8 Å². The fraction of sp³-hybridized carbons (Fsp3) is 0.750. The minimum absolute atomic E-state index is 0.108. The summed E-state index contributed by atoms with van der Waals surface area (Å²) in [6.07, 6.45) is 3.93. The topological polar surface area (TPSA) is 46.3 Å². The summed E-state index contributed by atoms with van der Waals surface area (Å²) < 4.78 is 0. The van der Waals surface area contributed by atoms with Gasteiger partial charge in [0.25, 0.3) is 0 Å². The van der Waals surface area contributed by atoms with Crippen LogP contribution in [-0.4, -0.2) is 29.9 Å². The molecule has 1 aliphatic rings. The minimum Gasteiger partial charge on any atom is -0.337 e. The molecule has 0 aliphatic carbocycles. The Morgan fingerprint density at radius 2 is 2.27 bits per heavy atom. The third-order valence-electron chi connectivity index (χ3n) is 2.69. The van der Waals surface area contributed by atoms with Gasteiger partial charge < -0.3 is 10.6 Å². The Bertz CT molecular complexity index is 258. The van der Waals surface area contributed by atoms with Crippen molar-refractivity contribution in [3.63, 3.8) is 0 Å². The molecule has 1 aliphatic heterocycles. The predicted octanol–water partition coefficient (Wildman–Crippen LogP) is 1.54. The smallest absolute Gasteiger partial charge is 0.239 e. The van der Waals surface area contributed by atoms with Gasteiger partial charge in [0.15, 0.2) is 0 Å². The normalized spacial score (nSPS) is 19.0. The first-order chi connectivity index (χ1) is 7.00.